The number of aliphatic hydroxyl groups is 1. The van der Waals surface area contributed by atoms with Gasteiger partial charge in [-0.3, -0.25) is 4.79 Å². The zero-order chi connectivity index (χ0) is 13.1. The van der Waals surface area contributed by atoms with Gasteiger partial charge >= 0.3 is 0 Å². The van der Waals surface area contributed by atoms with E-state index < -0.39 is 12.1 Å². The first-order valence-electron chi connectivity index (χ1n) is 5.61. The van der Waals surface area contributed by atoms with Crippen molar-refractivity contribution in [2.24, 2.45) is 15.3 Å². The molecule has 0 saturated carbocycles. The molecule has 1 heterocycles. The molecule has 0 aromatic heterocycles. The fraction of sp³-hybridized carbons (Fsp3) is 0.333. The number of benzene rings is 1. The zero-order valence-corrected chi connectivity index (χ0v) is 10.2. The van der Waals surface area contributed by atoms with Gasteiger partial charge in [0.25, 0.3) is 5.91 Å². The first-order valence-corrected chi connectivity index (χ1v) is 5.61. The Balaban J connectivity index is 2.24. The van der Waals surface area contributed by atoms with Gasteiger partial charge in [0.2, 0.25) is 0 Å². The molecule has 6 nitrogen and oxygen atoms in total. The lowest BCUT2D eigenvalue weighted by molar-refractivity contribution is -0.120. The Hall–Kier alpha value is -2.08. The monoisotopic (exact) mass is 246 g/mol. The highest BCUT2D eigenvalue weighted by atomic mass is 16.3. The average Bonchev–Trinajstić information content (AvgIpc) is 2.67. The highest BCUT2D eigenvalue weighted by molar-refractivity contribution is 6.10. The van der Waals surface area contributed by atoms with Gasteiger partial charge in [-0.25, -0.2) is 5.43 Å². The zero-order valence-electron chi connectivity index (χ0n) is 10.2. The van der Waals surface area contributed by atoms with Crippen LogP contribution in [0, 0.1) is 0 Å². The van der Waals surface area contributed by atoms with E-state index in [0.717, 1.165) is 0 Å². The van der Waals surface area contributed by atoms with Crippen molar-refractivity contribution in [3.63, 3.8) is 0 Å². The number of carbonyl (C=O) groups excluding carboxylic acids is 1. The molecule has 6 heteroatoms. The number of amides is 1. The molecule has 1 aliphatic heterocycles. The van der Waals surface area contributed by atoms with Crippen molar-refractivity contribution in [1.29, 1.82) is 0 Å². The van der Waals surface area contributed by atoms with E-state index in [-0.39, 0.29) is 5.91 Å². The summed E-state index contributed by atoms with van der Waals surface area (Å²) in [6, 6.07) is 6.46. The van der Waals surface area contributed by atoms with E-state index in [2.05, 4.69) is 20.8 Å². The second-order valence-electron chi connectivity index (χ2n) is 4.08. The van der Waals surface area contributed by atoms with Gasteiger partial charge in [-0.2, -0.15) is 15.3 Å². The maximum absolute atomic E-state index is 11.4. The Kier molecular flexibility index (Phi) is 3.47. The third kappa shape index (κ3) is 2.43. The Morgan fingerprint density at radius 2 is 2.17 bits per heavy atom. The number of azo groups is 1. The van der Waals surface area contributed by atoms with E-state index in [4.69, 9.17) is 0 Å². The van der Waals surface area contributed by atoms with Crippen LogP contribution >= 0.6 is 0 Å². The highest BCUT2D eigenvalue weighted by Crippen LogP contribution is 2.25. The minimum atomic E-state index is -0.674. The molecule has 1 amide bonds. The predicted octanol–water partition coefficient (Wildman–Crippen LogP) is 1.70. The molecule has 2 N–H and O–H groups in total. The van der Waals surface area contributed by atoms with Crippen LogP contribution in [-0.2, 0) is 4.79 Å². The number of carbonyl (C=O) groups is 1. The van der Waals surface area contributed by atoms with Crippen LogP contribution < -0.4 is 5.43 Å². The molecule has 1 aromatic carbocycles. The van der Waals surface area contributed by atoms with Crippen LogP contribution in [0.3, 0.4) is 0 Å². The average molecular weight is 246 g/mol. The van der Waals surface area contributed by atoms with E-state index in [9.17, 15) is 9.90 Å². The maximum Gasteiger partial charge on any atom is 0.272 e. The minimum Gasteiger partial charge on any atom is -0.389 e. The minimum absolute atomic E-state index is 0.286. The van der Waals surface area contributed by atoms with Crippen LogP contribution in [0.5, 0.6) is 0 Å². The fourth-order valence-corrected chi connectivity index (χ4v) is 1.64. The van der Waals surface area contributed by atoms with Crippen LogP contribution in [0.25, 0.3) is 0 Å². The molecule has 0 bridgehead atoms. The summed E-state index contributed by atoms with van der Waals surface area (Å²) in [7, 11) is 0. The van der Waals surface area contributed by atoms with Crippen molar-refractivity contribution in [1.82, 2.24) is 5.43 Å². The molecule has 2 atom stereocenters. The van der Waals surface area contributed by atoms with E-state index in [1.165, 1.54) is 0 Å². The Morgan fingerprint density at radius 3 is 2.78 bits per heavy atom. The van der Waals surface area contributed by atoms with Gasteiger partial charge < -0.3 is 5.11 Å². The normalized spacial score (nSPS) is 20.9. The first-order chi connectivity index (χ1) is 8.59. The number of rotatable bonds is 3. The summed E-state index contributed by atoms with van der Waals surface area (Å²) in [4.78, 5) is 11.4. The standard InChI is InChI=1S/C12H14N4O2/c1-7-11(12(18)16-13-7)15-14-10-6-4-3-5-9(10)8(2)17/h3-6,8,11,17H,1-2H3,(H,16,18). The third-order valence-corrected chi connectivity index (χ3v) is 2.65. The summed E-state index contributed by atoms with van der Waals surface area (Å²) >= 11 is 0. The molecular formula is C12H14N4O2. The molecule has 0 spiro atoms. The number of hydrogen-bond donors (Lipinski definition) is 2. The molecule has 1 aliphatic rings. The number of aliphatic hydroxyl groups excluding tert-OH is 1. The molecule has 0 radical (unpaired) electrons. The number of hydrogen-bond acceptors (Lipinski definition) is 5. The SMILES string of the molecule is CC1=NNC(=O)C1N=Nc1ccccc1C(C)O. The van der Waals surface area contributed by atoms with Crippen molar-refractivity contribution in [3.05, 3.63) is 29.8 Å². The summed E-state index contributed by atoms with van der Waals surface area (Å²) in [5.41, 5.74) is 4.15. The lowest BCUT2D eigenvalue weighted by Gasteiger charge is -2.07. The second kappa shape index (κ2) is 5.05. The molecule has 1 aromatic rings. The van der Waals surface area contributed by atoms with E-state index in [1.807, 2.05) is 6.07 Å². The quantitative estimate of drug-likeness (QED) is 0.795. The van der Waals surface area contributed by atoms with Crippen molar-refractivity contribution in [2.45, 2.75) is 26.0 Å². The topological polar surface area (TPSA) is 86.4 Å². The molecular weight excluding hydrogens is 232 g/mol. The molecule has 0 fully saturated rings. The van der Waals surface area contributed by atoms with Crippen LogP contribution in [0.15, 0.2) is 39.6 Å². The van der Waals surface area contributed by atoms with Crippen molar-refractivity contribution in [2.75, 3.05) is 0 Å². The molecule has 2 rings (SSSR count). The van der Waals surface area contributed by atoms with Crippen molar-refractivity contribution < 1.29 is 9.90 Å². The summed E-state index contributed by atoms with van der Waals surface area (Å²) in [5, 5.41) is 21.4. The lowest BCUT2D eigenvalue weighted by atomic mass is 10.1. The Morgan fingerprint density at radius 1 is 1.44 bits per heavy atom. The summed E-state index contributed by atoms with van der Waals surface area (Å²) in [6.07, 6.45) is -0.632. The summed E-state index contributed by atoms with van der Waals surface area (Å²) in [5.74, 6) is -0.286. The Labute approximate surface area is 104 Å². The molecule has 94 valence electrons. The fourth-order valence-electron chi connectivity index (χ4n) is 1.64. The van der Waals surface area contributed by atoms with Gasteiger partial charge in [-0.15, -0.1) is 0 Å². The van der Waals surface area contributed by atoms with E-state index >= 15 is 0 Å². The third-order valence-electron chi connectivity index (χ3n) is 2.65. The van der Waals surface area contributed by atoms with Crippen LogP contribution in [0.2, 0.25) is 0 Å². The van der Waals surface area contributed by atoms with E-state index in [0.29, 0.717) is 17.0 Å². The molecule has 2 unspecified atom stereocenters. The van der Waals surface area contributed by atoms with Crippen LogP contribution in [0.4, 0.5) is 5.69 Å². The predicted molar refractivity (Wildman–Crippen MR) is 66.6 cm³/mol. The van der Waals surface area contributed by atoms with E-state index in [1.54, 1.807) is 32.0 Å². The molecule has 18 heavy (non-hydrogen) atoms. The lowest BCUT2D eigenvalue weighted by Crippen LogP contribution is -2.25. The second-order valence-corrected chi connectivity index (χ2v) is 4.08. The van der Waals surface area contributed by atoms with Crippen molar-refractivity contribution in [3.8, 4) is 0 Å². The highest BCUT2D eigenvalue weighted by Gasteiger charge is 2.26. The van der Waals surface area contributed by atoms with Gasteiger partial charge in [0, 0.05) is 5.56 Å². The summed E-state index contributed by atoms with van der Waals surface area (Å²) in [6.45, 7) is 3.37. The Bertz CT molecular complexity index is 523. The molecule has 0 aliphatic carbocycles. The van der Waals surface area contributed by atoms with Gasteiger partial charge in [0.15, 0.2) is 6.04 Å². The van der Waals surface area contributed by atoms with Crippen molar-refractivity contribution >= 4 is 17.3 Å². The smallest absolute Gasteiger partial charge is 0.272 e. The van der Waals surface area contributed by atoms with Crippen LogP contribution in [-0.4, -0.2) is 22.8 Å². The van der Waals surface area contributed by atoms with Gasteiger partial charge in [-0.05, 0) is 19.9 Å². The first kappa shape index (κ1) is 12.4. The summed E-state index contributed by atoms with van der Waals surface area (Å²) < 4.78 is 0. The van der Waals surface area contributed by atoms with Gasteiger partial charge in [0.05, 0.1) is 17.5 Å². The van der Waals surface area contributed by atoms with Crippen LogP contribution in [0.1, 0.15) is 25.5 Å². The molecule has 0 saturated heterocycles. The van der Waals surface area contributed by atoms with Gasteiger partial charge in [0.1, 0.15) is 0 Å². The maximum atomic E-state index is 11.4. The number of hydrazone groups is 1. The number of nitrogens with zero attached hydrogens (tertiary/aromatic N) is 3. The number of nitrogens with one attached hydrogen (secondary N) is 1. The largest absolute Gasteiger partial charge is 0.389 e. The van der Waals surface area contributed by atoms with Gasteiger partial charge in [-0.1, -0.05) is 18.2 Å².